The van der Waals surface area contributed by atoms with Crippen molar-refractivity contribution < 1.29 is 14.4 Å². The first-order valence-corrected chi connectivity index (χ1v) is 9.13. The number of primary amides is 1. The SMILES string of the molecule is Cc1nc(SC(C)C(=O)NC(=O)Nc2ccccc2)sc1CC(N)=O. The second-order valence-corrected chi connectivity index (χ2v) is 7.87. The van der Waals surface area contributed by atoms with E-state index in [-0.39, 0.29) is 6.42 Å². The van der Waals surface area contributed by atoms with Crippen LogP contribution in [0.3, 0.4) is 0 Å². The second kappa shape index (κ2) is 8.63. The Morgan fingerprint density at radius 3 is 2.60 bits per heavy atom. The summed E-state index contributed by atoms with van der Waals surface area (Å²) in [6.07, 6.45) is 0.129. The molecule has 9 heteroatoms. The van der Waals surface area contributed by atoms with Gasteiger partial charge in [-0.2, -0.15) is 0 Å². The molecule has 0 bridgehead atoms. The number of aryl methyl sites for hydroxylation is 1. The fourth-order valence-corrected chi connectivity index (χ4v) is 4.26. The topological polar surface area (TPSA) is 114 Å². The van der Waals surface area contributed by atoms with E-state index < -0.39 is 23.1 Å². The maximum absolute atomic E-state index is 12.1. The summed E-state index contributed by atoms with van der Waals surface area (Å²) in [6, 6.07) is 8.25. The van der Waals surface area contributed by atoms with E-state index in [9.17, 15) is 14.4 Å². The molecule has 0 spiro atoms. The molecule has 1 aromatic carbocycles. The highest BCUT2D eigenvalue weighted by Crippen LogP contribution is 2.30. The third-order valence-corrected chi connectivity index (χ3v) is 5.47. The van der Waals surface area contributed by atoms with Gasteiger partial charge in [-0.15, -0.1) is 11.3 Å². The molecule has 1 atom stereocenters. The molecular weight excluding hydrogens is 360 g/mol. The van der Waals surface area contributed by atoms with Crippen molar-refractivity contribution in [1.82, 2.24) is 10.3 Å². The Balaban J connectivity index is 1.89. The van der Waals surface area contributed by atoms with Crippen molar-refractivity contribution >= 4 is 46.6 Å². The van der Waals surface area contributed by atoms with Gasteiger partial charge in [0.25, 0.3) is 0 Å². The smallest absolute Gasteiger partial charge is 0.325 e. The van der Waals surface area contributed by atoms with Crippen molar-refractivity contribution in [2.24, 2.45) is 5.73 Å². The highest BCUT2D eigenvalue weighted by atomic mass is 32.2. The molecule has 0 aliphatic carbocycles. The van der Waals surface area contributed by atoms with Crippen LogP contribution in [0.1, 0.15) is 17.5 Å². The minimum absolute atomic E-state index is 0.129. The largest absolute Gasteiger partial charge is 0.369 e. The van der Waals surface area contributed by atoms with E-state index in [4.69, 9.17) is 5.73 Å². The van der Waals surface area contributed by atoms with Gasteiger partial charge in [0, 0.05) is 10.6 Å². The van der Waals surface area contributed by atoms with Crippen LogP contribution in [0.5, 0.6) is 0 Å². The van der Waals surface area contributed by atoms with Crippen molar-refractivity contribution in [3.05, 3.63) is 40.9 Å². The van der Waals surface area contributed by atoms with Crippen LogP contribution in [0.2, 0.25) is 0 Å². The third kappa shape index (κ3) is 5.87. The number of nitrogens with zero attached hydrogens (tertiary/aromatic N) is 1. The number of aromatic nitrogens is 1. The lowest BCUT2D eigenvalue weighted by Crippen LogP contribution is -2.38. The number of para-hydroxylation sites is 1. The van der Waals surface area contributed by atoms with Crippen LogP contribution >= 0.6 is 23.1 Å². The molecule has 2 rings (SSSR count). The predicted molar refractivity (Wildman–Crippen MR) is 98.7 cm³/mol. The summed E-state index contributed by atoms with van der Waals surface area (Å²) in [5, 5.41) is 4.36. The quantitative estimate of drug-likeness (QED) is 0.667. The molecule has 0 saturated heterocycles. The number of nitrogens with one attached hydrogen (secondary N) is 2. The first-order chi connectivity index (χ1) is 11.8. The van der Waals surface area contributed by atoms with Gasteiger partial charge in [-0.05, 0) is 26.0 Å². The van der Waals surface area contributed by atoms with E-state index in [0.717, 1.165) is 10.6 Å². The van der Waals surface area contributed by atoms with Crippen molar-refractivity contribution in [3.63, 3.8) is 0 Å². The number of imide groups is 1. The number of thioether (sulfide) groups is 1. The molecule has 0 radical (unpaired) electrons. The Kier molecular flexibility index (Phi) is 6.54. The Bertz CT molecular complexity index is 777. The highest BCUT2D eigenvalue weighted by molar-refractivity contribution is 8.02. The van der Waals surface area contributed by atoms with E-state index in [0.29, 0.717) is 10.0 Å². The van der Waals surface area contributed by atoms with Crippen LogP contribution in [-0.4, -0.2) is 28.1 Å². The van der Waals surface area contributed by atoms with Crippen LogP contribution < -0.4 is 16.4 Å². The van der Waals surface area contributed by atoms with Gasteiger partial charge in [-0.3, -0.25) is 14.9 Å². The summed E-state index contributed by atoms with van der Waals surface area (Å²) in [5.41, 5.74) is 6.51. The summed E-state index contributed by atoms with van der Waals surface area (Å²) in [6.45, 7) is 3.47. The average Bonchev–Trinajstić information content (AvgIpc) is 2.86. The minimum atomic E-state index is -0.589. The average molecular weight is 378 g/mol. The van der Waals surface area contributed by atoms with Gasteiger partial charge in [0.05, 0.1) is 17.4 Å². The molecule has 25 heavy (non-hydrogen) atoms. The zero-order valence-electron chi connectivity index (χ0n) is 13.7. The normalized spacial score (nSPS) is 11.6. The van der Waals surface area contributed by atoms with E-state index in [1.54, 1.807) is 38.1 Å². The third-order valence-electron chi connectivity index (χ3n) is 3.12. The van der Waals surface area contributed by atoms with Crippen LogP contribution in [0, 0.1) is 6.92 Å². The Morgan fingerprint density at radius 1 is 1.28 bits per heavy atom. The van der Waals surface area contributed by atoms with Gasteiger partial charge in [0.1, 0.15) is 0 Å². The van der Waals surface area contributed by atoms with Crippen LogP contribution in [-0.2, 0) is 16.0 Å². The fourth-order valence-electron chi connectivity index (χ4n) is 1.88. The monoisotopic (exact) mass is 378 g/mol. The number of nitrogens with two attached hydrogens (primary N) is 1. The zero-order valence-corrected chi connectivity index (χ0v) is 15.4. The molecule has 132 valence electrons. The summed E-state index contributed by atoms with van der Waals surface area (Å²) in [7, 11) is 0. The summed E-state index contributed by atoms with van der Waals surface area (Å²) >= 11 is 2.55. The highest BCUT2D eigenvalue weighted by Gasteiger charge is 2.20. The lowest BCUT2D eigenvalue weighted by Gasteiger charge is -2.10. The van der Waals surface area contributed by atoms with E-state index in [1.165, 1.54) is 23.1 Å². The van der Waals surface area contributed by atoms with Gasteiger partial charge in [0.2, 0.25) is 11.8 Å². The van der Waals surface area contributed by atoms with Crippen LogP contribution in [0.15, 0.2) is 34.7 Å². The number of rotatable bonds is 6. The maximum atomic E-state index is 12.1. The lowest BCUT2D eigenvalue weighted by molar-refractivity contribution is -0.119. The summed E-state index contributed by atoms with van der Waals surface area (Å²) < 4.78 is 0.653. The number of hydrogen-bond acceptors (Lipinski definition) is 6. The number of anilines is 1. The second-order valence-electron chi connectivity index (χ2n) is 5.20. The summed E-state index contributed by atoms with van der Waals surface area (Å²) in [5.74, 6) is -0.852. The van der Waals surface area contributed by atoms with E-state index in [1.807, 2.05) is 6.07 Å². The molecule has 2 aromatic rings. The minimum Gasteiger partial charge on any atom is -0.369 e. The van der Waals surface area contributed by atoms with Gasteiger partial charge >= 0.3 is 6.03 Å². The Labute approximate surface area is 153 Å². The maximum Gasteiger partial charge on any atom is 0.325 e. The lowest BCUT2D eigenvalue weighted by atomic mass is 10.3. The standard InChI is InChI=1S/C16H18N4O3S2/c1-9-12(8-13(17)21)25-16(18-9)24-10(2)14(22)20-15(23)19-11-6-4-3-5-7-11/h3-7,10H,8H2,1-2H3,(H2,17,21)(H2,19,20,22,23). The number of thiazole rings is 1. The number of amides is 4. The van der Waals surface area contributed by atoms with Crippen molar-refractivity contribution in [3.8, 4) is 0 Å². The molecule has 0 aliphatic heterocycles. The molecule has 4 amide bonds. The summed E-state index contributed by atoms with van der Waals surface area (Å²) in [4.78, 5) is 40.1. The van der Waals surface area contributed by atoms with Crippen molar-refractivity contribution in [2.75, 3.05) is 5.32 Å². The molecule has 4 N–H and O–H groups in total. The molecule has 1 unspecified atom stereocenters. The van der Waals surface area contributed by atoms with E-state index >= 15 is 0 Å². The zero-order chi connectivity index (χ0) is 18.4. The van der Waals surface area contributed by atoms with Gasteiger partial charge in [0.15, 0.2) is 4.34 Å². The molecule has 0 fully saturated rings. The number of carbonyl (C=O) groups excluding carboxylic acids is 3. The predicted octanol–water partition coefficient (Wildman–Crippen LogP) is 2.31. The van der Waals surface area contributed by atoms with Crippen molar-refractivity contribution in [1.29, 1.82) is 0 Å². The van der Waals surface area contributed by atoms with Gasteiger partial charge < -0.3 is 11.1 Å². The molecular formula is C16H18N4O3S2. The molecule has 7 nitrogen and oxygen atoms in total. The fraction of sp³-hybridized carbons (Fsp3) is 0.250. The molecule has 0 saturated carbocycles. The van der Waals surface area contributed by atoms with E-state index in [2.05, 4.69) is 15.6 Å². The number of hydrogen-bond donors (Lipinski definition) is 3. The van der Waals surface area contributed by atoms with Crippen molar-refractivity contribution in [2.45, 2.75) is 29.9 Å². The first kappa shape index (κ1) is 18.9. The number of benzene rings is 1. The Morgan fingerprint density at radius 2 is 1.96 bits per heavy atom. The molecule has 1 heterocycles. The number of carbonyl (C=O) groups is 3. The van der Waals surface area contributed by atoms with Gasteiger partial charge in [-0.1, -0.05) is 30.0 Å². The number of urea groups is 1. The van der Waals surface area contributed by atoms with Crippen LogP contribution in [0.25, 0.3) is 0 Å². The Hall–Kier alpha value is -2.39. The van der Waals surface area contributed by atoms with Gasteiger partial charge in [-0.25, -0.2) is 9.78 Å². The first-order valence-electron chi connectivity index (χ1n) is 7.43. The van der Waals surface area contributed by atoms with Crippen LogP contribution in [0.4, 0.5) is 10.5 Å². The molecule has 1 aromatic heterocycles. The molecule has 0 aliphatic rings.